The van der Waals surface area contributed by atoms with Gasteiger partial charge in [-0.2, -0.15) is 0 Å². The molecule has 0 aliphatic carbocycles. The molecule has 1 fully saturated rings. The quantitative estimate of drug-likeness (QED) is 0.627. The molecule has 0 spiro atoms. The Bertz CT molecular complexity index is 1090. The highest BCUT2D eigenvalue weighted by Gasteiger charge is 2.41. The van der Waals surface area contributed by atoms with Crippen LogP contribution in [0.4, 0.5) is 4.39 Å². The van der Waals surface area contributed by atoms with Crippen LogP contribution >= 0.6 is 0 Å². The third-order valence-corrected chi connectivity index (χ3v) is 5.46. The lowest BCUT2D eigenvalue weighted by atomic mass is 9.88. The minimum absolute atomic E-state index is 0.0453. The van der Waals surface area contributed by atoms with Crippen LogP contribution in [0.5, 0.6) is 0 Å². The van der Waals surface area contributed by atoms with Crippen molar-refractivity contribution in [3.05, 3.63) is 95.6 Å². The van der Waals surface area contributed by atoms with Crippen LogP contribution in [0.2, 0.25) is 0 Å². The molecule has 144 valence electrons. The Labute approximate surface area is 168 Å². The van der Waals surface area contributed by atoms with Crippen molar-refractivity contribution in [2.45, 2.75) is 18.7 Å². The zero-order valence-electron chi connectivity index (χ0n) is 15.7. The highest BCUT2D eigenvalue weighted by Crippen LogP contribution is 2.37. The van der Waals surface area contributed by atoms with Crippen molar-refractivity contribution >= 4 is 12.0 Å². The van der Waals surface area contributed by atoms with E-state index in [0.29, 0.717) is 6.54 Å². The summed E-state index contributed by atoms with van der Waals surface area (Å²) in [6.07, 6.45) is 5.47. The number of benzene rings is 2. The van der Waals surface area contributed by atoms with Crippen molar-refractivity contribution in [2.75, 3.05) is 6.54 Å². The zero-order chi connectivity index (χ0) is 19.8. The molecule has 5 rings (SSSR count). The Morgan fingerprint density at radius 1 is 1.03 bits per heavy atom. The summed E-state index contributed by atoms with van der Waals surface area (Å²) in [6.45, 7) is 1.04. The average molecular weight is 386 g/mol. The van der Waals surface area contributed by atoms with Gasteiger partial charge >= 0.3 is 5.97 Å². The number of ether oxygens (including phenoxy) is 1. The number of carbonyl (C=O) groups is 1. The minimum Gasteiger partial charge on any atom is -0.444 e. The van der Waals surface area contributed by atoms with Crippen LogP contribution in [-0.2, 0) is 16.1 Å². The molecule has 3 heterocycles. The van der Waals surface area contributed by atoms with Crippen LogP contribution in [0.15, 0.2) is 72.9 Å². The molecule has 3 aromatic rings. The third-order valence-electron chi connectivity index (χ3n) is 5.46. The predicted octanol–water partition coefficient (Wildman–Crippen LogP) is 4.38. The first kappa shape index (κ1) is 17.8. The van der Waals surface area contributed by atoms with Gasteiger partial charge in [0.05, 0.1) is 11.6 Å². The van der Waals surface area contributed by atoms with Crippen molar-refractivity contribution in [3.8, 4) is 11.1 Å². The molecule has 2 atom stereocenters. The highest BCUT2D eigenvalue weighted by atomic mass is 19.1. The number of nitrogens with zero attached hydrogens (tertiary/aromatic N) is 2. The molecule has 0 radical (unpaired) electrons. The lowest BCUT2D eigenvalue weighted by Crippen LogP contribution is -2.38. The average Bonchev–Trinajstić information content (AvgIpc) is 3.11. The summed E-state index contributed by atoms with van der Waals surface area (Å²) < 4.78 is 19.0. The molecule has 0 saturated carbocycles. The largest absolute Gasteiger partial charge is 0.444 e. The van der Waals surface area contributed by atoms with Crippen molar-refractivity contribution < 1.29 is 13.9 Å². The molecular formula is C24H19FN2O2. The summed E-state index contributed by atoms with van der Waals surface area (Å²) in [4.78, 5) is 18.4. The van der Waals surface area contributed by atoms with Gasteiger partial charge in [-0.3, -0.25) is 14.7 Å². The number of carbonyl (C=O) groups excluding carboxylic acids is 1. The maximum Gasteiger partial charge on any atom is 0.321 e. The Hall–Kier alpha value is -3.31. The topological polar surface area (TPSA) is 42.4 Å². The van der Waals surface area contributed by atoms with Gasteiger partial charge in [-0.15, -0.1) is 0 Å². The molecule has 5 heteroatoms. The number of pyridine rings is 1. The summed E-state index contributed by atoms with van der Waals surface area (Å²) >= 11 is 0. The monoisotopic (exact) mass is 386 g/mol. The maximum absolute atomic E-state index is 13.4. The van der Waals surface area contributed by atoms with Crippen LogP contribution in [0, 0.1) is 5.82 Å². The molecule has 29 heavy (non-hydrogen) atoms. The summed E-state index contributed by atoms with van der Waals surface area (Å²) in [5.41, 5.74) is 4.84. The predicted molar refractivity (Wildman–Crippen MR) is 108 cm³/mol. The molecule has 2 aromatic carbocycles. The van der Waals surface area contributed by atoms with Gasteiger partial charge in [0.2, 0.25) is 0 Å². The Morgan fingerprint density at radius 3 is 2.76 bits per heavy atom. The van der Waals surface area contributed by atoms with E-state index in [1.807, 2.05) is 36.4 Å². The number of halogens is 1. The van der Waals surface area contributed by atoms with E-state index in [1.54, 1.807) is 12.3 Å². The molecule has 1 saturated heterocycles. The summed E-state index contributed by atoms with van der Waals surface area (Å²) in [5, 5.41) is 0. The Morgan fingerprint density at radius 2 is 1.93 bits per heavy atom. The first-order valence-electron chi connectivity index (χ1n) is 9.59. The van der Waals surface area contributed by atoms with E-state index in [0.717, 1.165) is 23.4 Å². The van der Waals surface area contributed by atoms with Crippen molar-refractivity contribution in [1.29, 1.82) is 0 Å². The zero-order valence-corrected chi connectivity index (χ0v) is 15.7. The first-order chi connectivity index (χ1) is 14.2. The molecule has 2 aliphatic rings. The standard InChI is InChI=1S/C24H19FN2O2/c25-19-6-3-5-16(12-19)17-8-9-20(26-13-17)10-11-22-21-7-2-1-4-18(21)14-27-15-23(28)29-24(22)27/h1-13,22,24H,14-15H2/b11-10+/t22?,24-/m1/s1. The van der Waals surface area contributed by atoms with E-state index in [1.165, 1.54) is 23.3 Å². The van der Waals surface area contributed by atoms with Crippen molar-refractivity contribution in [3.63, 3.8) is 0 Å². The van der Waals surface area contributed by atoms with Gasteiger partial charge < -0.3 is 4.74 Å². The number of fused-ring (bicyclic) bond motifs is 2. The van der Waals surface area contributed by atoms with Crippen LogP contribution in [0.25, 0.3) is 17.2 Å². The first-order valence-corrected chi connectivity index (χ1v) is 9.59. The third kappa shape index (κ3) is 3.45. The second-order valence-corrected chi connectivity index (χ2v) is 7.35. The lowest BCUT2D eigenvalue weighted by Gasteiger charge is -2.34. The second kappa shape index (κ2) is 7.26. The van der Waals surface area contributed by atoms with Gasteiger partial charge in [-0.1, -0.05) is 48.5 Å². The minimum atomic E-state index is -0.278. The Balaban J connectivity index is 1.42. The number of rotatable bonds is 3. The van der Waals surface area contributed by atoms with Gasteiger partial charge in [0, 0.05) is 18.3 Å². The number of esters is 1. The smallest absolute Gasteiger partial charge is 0.321 e. The van der Waals surface area contributed by atoms with Crippen LogP contribution in [0.1, 0.15) is 22.7 Å². The van der Waals surface area contributed by atoms with Gasteiger partial charge in [0.15, 0.2) is 6.23 Å². The number of hydrogen-bond acceptors (Lipinski definition) is 4. The fourth-order valence-corrected chi connectivity index (χ4v) is 4.07. The molecule has 4 nitrogen and oxygen atoms in total. The van der Waals surface area contributed by atoms with E-state index in [-0.39, 0.29) is 23.9 Å². The van der Waals surface area contributed by atoms with E-state index in [2.05, 4.69) is 28.1 Å². The normalized spacial score (nSPS) is 21.1. The van der Waals surface area contributed by atoms with Crippen LogP contribution in [0.3, 0.4) is 0 Å². The second-order valence-electron chi connectivity index (χ2n) is 7.35. The number of aromatic nitrogens is 1. The SMILES string of the molecule is O=C1CN2Cc3ccccc3C(/C=C/c3ccc(-c4cccc(F)c4)cn3)[C@H]2O1. The molecule has 2 aliphatic heterocycles. The number of hydrogen-bond donors (Lipinski definition) is 0. The molecule has 0 bridgehead atoms. The Kier molecular flexibility index (Phi) is 4.45. The fourth-order valence-electron chi connectivity index (χ4n) is 4.07. The van der Waals surface area contributed by atoms with E-state index in [9.17, 15) is 9.18 Å². The van der Waals surface area contributed by atoms with E-state index < -0.39 is 0 Å². The molecule has 1 aromatic heterocycles. The van der Waals surface area contributed by atoms with Crippen LogP contribution < -0.4 is 0 Å². The lowest BCUT2D eigenvalue weighted by molar-refractivity contribution is -0.142. The van der Waals surface area contributed by atoms with Gasteiger partial charge in [-0.25, -0.2) is 4.39 Å². The molecule has 1 unspecified atom stereocenters. The fraction of sp³-hybridized carbons (Fsp3) is 0.167. The molecule has 0 amide bonds. The van der Waals surface area contributed by atoms with Crippen molar-refractivity contribution in [2.24, 2.45) is 0 Å². The molecular weight excluding hydrogens is 367 g/mol. The summed E-state index contributed by atoms with van der Waals surface area (Å²) in [6, 6.07) is 18.5. The van der Waals surface area contributed by atoms with Gasteiger partial charge in [-0.05, 0) is 41.0 Å². The van der Waals surface area contributed by atoms with Crippen LogP contribution in [-0.4, -0.2) is 28.6 Å². The maximum atomic E-state index is 13.4. The molecule has 0 N–H and O–H groups in total. The van der Waals surface area contributed by atoms with E-state index >= 15 is 0 Å². The summed E-state index contributed by atoms with van der Waals surface area (Å²) in [7, 11) is 0. The van der Waals surface area contributed by atoms with E-state index in [4.69, 9.17) is 4.74 Å². The van der Waals surface area contributed by atoms with Crippen molar-refractivity contribution in [1.82, 2.24) is 9.88 Å². The van der Waals surface area contributed by atoms with Gasteiger partial charge in [0.1, 0.15) is 12.4 Å². The highest BCUT2D eigenvalue weighted by molar-refractivity contribution is 5.74. The summed E-state index contributed by atoms with van der Waals surface area (Å²) in [5.74, 6) is -0.493. The van der Waals surface area contributed by atoms with Gasteiger partial charge in [0.25, 0.3) is 0 Å².